The minimum absolute atomic E-state index is 0.455. The summed E-state index contributed by atoms with van der Waals surface area (Å²) in [5.74, 6) is 0. The Morgan fingerprint density at radius 3 is 2.67 bits per heavy atom. The Bertz CT molecular complexity index is 510. The molecule has 0 atom stereocenters. The van der Waals surface area contributed by atoms with Crippen molar-refractivity contribution in [1.29, 1.82) is 0 Å². The van der Waals surface area contributed by atoms with Crippen molar-refractivity contribution in [1.82, 2.24) is 4.98 Å². The highest BCUT2D eigenvalue weighted by molar-refractivity contribution is 7.11. The maximum atomic E-state index is 10.5. The molecule has 76 valence electrons. The zero-order valence-corrected chi connectivity index (χ0v) is 9.73. The number of benzene rings is 1. The molecule has 1 aromatic carbocycles. The van der Waals surface area contributed by atoms with Gasteiger partial charge in [-0.2, -0.15) is 0 Å². The third-order valence-electron chi connectivity index (χ3n) is 1.84. The van der Waals surface area contributed by atoms with Gasteiger partial charge in [0, 0.05) is 10.9 Å². The molecule has 0 bridgehead atoms. The van der Waals surface area contributed by atoms with Gasteiger partial charge >= 0.3 is 0 Å². The van der Waals surface area contributed by atoms with Gasteiger partial charge in [0.2, 0.25) is 0 Å². The van der Waals surface area contributed by atoms with Crippen LogP contribution in [-0.2, 0) is 0 Å². The zero-order chi connectivity index (χ0) is 10.8. The SMILES string of the molecule is O=Cc1nc(-c2ccc(Cl)c(Cl)c2)cs1. The molecule has 0 unspecified atom stereocenters. The van der Waals surface area contributed by atoms with Crippen LogP contribution < -0.4 is 0 Å². The lowest BCUT2D eigenvalue weighted by atomic mass is 10.2. The van der Waals surface area contributed by atoms with E-state index >= 15 is 0 Å². The fraction of sp³-hybridized carbons (Fsp3) is 0. The quantitative estimate of drug-likeness (QED) is 0.764. The van der Waals surface area contributed by atoms with Crippen molar-refractivity contribution in [2.75, 3.05) is 0 Å². The van der Waals surface area contributed by atoms with Crippen molar-refractivity contribution in [3.05, 3.63) is 38.6 Å². The van der Waals surface area contributed by atoms with Gasteiger partial charge in [-0.15, -0.1) is 11.3 Å². The molecule has 0 aliphatic rings. The highest BCUT2D eigenvalue weighted by Gasteiger charge is 2.05. The molecule has 0 saturated carbocycles. The number of carbonyl (C=O) groups is 1. The van der Waals surface area contributed by atoms with Crippen molar-refractivity contribution >= 4 is 40.8 Å². The standard InChI is InChI=1S/C10H5Cl2NOS/c11-7-2-1-6(3-8(7)12)9-5-15-10(4-14)13-9/h1-5H. The average Bonchev–Trinajstić information content (AvgIpc) is 2.70. The summed E-state index contributed by atoms with van der Waals surface area (Å²) >= 11 is 13.0. The van der Waals surface area contributed by atoms with Crippen molar-refractivity contribution in [3.63, 3.8) is 0 Å². The zero-order valence-electron chi connectivity index (χ0n) is 7.41. The molecule has 0 aliphatic carbocycles. The number of aromatic nitrogens is 1. The van der Waals surface area contributed by atoms with Gasteiger partial charge in [-0.05, 0) is 12.1 Å². The smallest absolute Gasteiger partial charge is 0.178 e. The van der Waals surface area contributed by atoms with Gasteiger partial charge in [0.05, 0.1) is 15.7 Å². The summed E-state index contributed by atoms with van der Waals surface area (Å²) in [4.78, 5) is 14.6. The van der Waals surface area contributed by atoms with E-state index in [-0.39, 0.29) is 0 Å². The summed E-state index contributed by atoms with van der Waals surface area (Å²) < 4.78 is 0. The molecule has 0 saturated heterocycles. The van der Waals surface area contributed by atoms with E-state index in [1.54, 1.807) is 12.1 Å². The van der Waals surface area contributed by atoms with Crippen molar-refractivity contribution in [3.8, 4) is 11.3 Å². The summed E-state index contributed by atoms with van der Waals surface area (Å²) in [6, 6.07) is 5.25. The summed E-state index contributed by atoms with van der Waals surface area (Å²) in [7, 11) is 0. The summed E-state index contributed by atoms with van der Waals surface area (Å²) in [5, 5.41) is 3.25. The van der Waals surface area contributed by atoms with Crippen LogP contribution in [-0.4, -0.2) is 11.3 Å². The molecular weight excluding hydrogens is 253 g/mol. The van der Waals surface area contributed by atoms with Crippen molar-refractivity contribution < 1.29 is 4.79 Å². The second kappa shape index (κ2) is 4.31. The number of halogens is 2. The van der Waals surface area contributed by atoms with E-state index in [0.29, 0.717) is 15.1 Å². The van der Waals surface area contributed by atoms with Gasteiger partial charge in [-0.3, -0.25) is 4.79 Å². The molecule has 1 aromatic heterocycles. The van der Waals surface area contributed by atoms with Gasteiger partial charge in [0.1, 0.15) is 0 Å². The van der Waals surface area contributed by atoms with E-state index in [0.717, 1.165) is 17.5 Å². The molecule has 2 rings (SSSR count). The topological polar surface area (TPSA) is 30.0 Å². The first-order valence-electron chi connectivity index (χ1n) is 4.07. The summed E-state index contributed by atoms with van der Waals surface area (Å²) in [6.45, 7) is 0. The van der Waals surface area contributed by atoms with Crippen LogP contribution in [0.3, 0.4) is 0 Å². The number of thiazole rings is 1. The molecule has 0 fully saturated rings. The van der Waals surface area contributed by atoms with Crippen LogP contribution in [0.15, 0.2) is 23.6 Å². The largest absolute Gasteiger partial charge is 0.295 e. The molecule has 0 spiro atoms. The maximum Gasteiger partial charge on any atom is 0.178 e. The second-order valence-electron chi connectivity index (χ2n) is 2.82. The Hall–Kier alpha value is -0.900. The van der Waals surface area contributed by atoms with E-state index in [2.05, 4.69) is 4.98 Å². The number of rotatable bonds is 2. The molecule has 1 heterocycles. The first-order chi connectivity index (χ1) is 7.20. The molecule has 15 heavy (non-hydrogen) atoms. The Balaban J connectivity index is 2.44. The Morgan fingerprint density at radius 2 is 2.07 bits per heavy atom. The minimum atomic E-state index is 0.455. The van der Waals surface area contributed by atoms with E-state index < -0.39 is 0 Å². The Morgan fingerprint density at radius 1 is 1.27 bits per heavy atom. The molecular formula is C10H5Cl2NOS. The van der Waals surface area contributed by atoms with E-state index in [1.165, 1.54) is 11.3 Å². The van der Waals surface area contributed by atoms with Crippen LogP contribution >= 0.6 is 34.5 Å². The number of nitrogens with zero attached hydrogens (tertiary/aromatic N) is 1. The van der Waals surface area contributed by atoms with Crippen LogP contribution in [0.1, 0.15) is 9.80 Å². The number of hydrogen-bond donors (Lipinski definition) is 0. The molecule has 0 aliphatic heterocycles. The van der Waals surface area contributed by atoms with Crippen molar-refractivity contribution in [2.45, 2.75) is 0 Å². The Kier molecular flexibility index (Phi) is 3.05. The monoisotopic (exact) mass is 257 g/mol. The van der Waals surface area contributed by atoms with Gasteiger partial charge in [-0.1, -0.05) is 29.3 Å². The lowest BCUT2D eigenvalue weighted by Gasteiger charge is -1.98. The molecule has 0 amide bonds. The Labute approximate surface area is 100 Å². The second-order valence-corrected chi connectivity index (χ2v) is 4.52. The summed E-state index contributed by atoms with van der Waals surface area (Å²) in [5.41, 5.74) is 1.59. The number of aldehydes is 1. The lowest BCUT2D eigenvalue weighted by Crippen LogP contribution is -1.80. The molecule has 0 radical (unpaired) electrons. The van der Waals surface area contributed by atoms with Crippen LogP contribution in [0.5, 0.6) is 0 Å². The third kappa shape index (κ3) is 2.20. The van der Waals surface area contributed by atoms with Crippen LogP contribution in [0, 0.1) is 0 Å². The fourth-order valence-electron chi connectivity index (χ4n) is 1.13. The predicted molar refractivity (Wildman–Crippen MR) is 63.0 cm³/mol. The molecule has 2 nitrogen and oxygen atoms in total. The first-order valence-corrected chi connectivity index (χ1v) is 5.70. The number of hydrogen-bond acceptors (Lipinski definition) is 3. The highest BCUT2D eigenvalue weighted by Crippen LogP contribution is 2.28. The highest BCUT2D eigenvalue weighted by atomic mass is 35.5. The summed E-state index contributed by atoms with van der Waals surface area (Å²) in [6.07, 6.45) is 0.728. The molecule has 2 aromatic rings. The van der Waals surface area contributed by atoms with Gasteiger partial charge < -0.3 is 0 Å². The fourth-order valence-corrected chi connectivity index (χ4v) is 2.06. The third-order valence-corrected chi connectivity index (χ3v) is 3.35. The average molecular weight is 258 g/mol. The first kappa shape index (κ1) is 10.6. The molecule has 5 heteroatoms. The van der Waals surface area contributed by atoms with Crippen molar-refractivity contribution in [2.24, 2.45) is 0 Å². The van der Waals surface area contributed by atoms with E-state index in [1.807, 2.05) is 11.4 Å². The maximum absolute atomic E-state index is 10.5. The van der Waals surface area contributed by atoms with Gasteiger partial charge in [0.15, 0.2) is 11.3 Å². The van der Waals surface area contributed by atoms with Crippen LogP contribution in [0.4, 0.5) is 0 Å². The normalized spacial score (nSPS) is 10.3. The van der Waals surface area contributed by atoms with Gasteiger partial charge in [0.25, 0.3) is 0 Å². The number of carbonyl (C=O) groups excluding carboxylic acids is 1. The molecule has 0 N–H and O–H groups in total. The van der Waals surface area contributed by atoms with Crippen LogP contribution in [0.2, 0.25) is 10.0 Å². The lowest BCUT2D eigenvalue weighted by molar-refractivity contribution is 0.112. The predicted octanol–water partition coefficient (Wildman–Crippen LogP) is 3.93. The van der Waals surface area contributed by atoms with E-state index in [9.17, 15) is 4.79 Å². The van der Waals surface area contributed by atoms with E-state index in [4.69, 9.17) is 23.2 Å². The minimum Gasteiger partial charge on any atom is -0.295 e. The van der Waals surface area contributed by atoms with Gasteiger partial charge in [-0.25, -0.2) is 4.98 Å². The van der Waals surface area contributed by atoms with Crippen LogP contribution in [0.25, 0.3) is 11.3 Å².